The Kier molecular flexibility index (Phi) is 2.72. The Labute approximate surface area is 81.6 Å². The lowest BCUT2D eigenvalue weighted by Crippen LogP contribution is -2.48. The number of ether oxygens (including phenoxy) is 1. The third-order valence-electron chi connectivity index (χ3n) is 2.97. The van der Waals surface area contributed by atoms with Crippen LogP contribution in [0.3, 0.4) is 0 Å². The average molecular weight is 207 g/mol. The summed E-state index contributed by atoms with van der Waals surface area (Å²) in [5.41, 5.74) is 0. The molecule has 0 spiro atoms. The zero-order valence-corrected chi connectivity index (χ0v) is 7.96. The summed E-state index contributed by atoms with van der Waals surface area (Å²) >= 11 is 0. The topological polar surface area (TPSA) is 32.7 Å². The SMILES string of the molecule is OCC1COCCN1CC1CC1(F)F. The molecule has 0 radical (unpaired) electrons. The van der Waals surface area contributed by atoms with E-state index in [-0.39, 0.29) is 19.1 Å². The Morgan fingerprint density at radius 3 is 2.79 bits per heavy atom. The number of aliphatic hydroxyl groups excluding tert-OH is 1. The molecule has 5 heteroatoms. The van der Waals surface area contributed by atoms with Crippen molar-refractivity contribution in [2.24, 2.45) is 5.92 Å². The molecule has 2 unspecified atom stereocenters. The number of alkyl halides is 2. The summed E-state index contributed by atoms with van der Waals surface area (Å²) in [6.07, 6.45) is 0.00249. The van der Waals surface area contributed by atoms with Crippen molar-refractivity contribution in [2.45, 2.75) is 18.4 Å². The van der Waals surface area contributed by atoms with Gasteiger partial charge in [-0.1, -0.05) is 0 Å². The second-order valence-electron chi connectivity index (χ2n) is 4.07. The Balaban J connectivity index is 1.83. The number of hydrogen-bond acceptors (Lipinski definition) is 3. The molecular formula is C9H15F2NO2. The fourth-order valence-corrected chi connectivity index (χ4v) is 1.85. The van der Waals surface area contributed by atoms with Gasteiger partial charge in [0.25, 0.3) is 5.92 Å². The van der Waals surface area contributed by atoms with Crippen LogP contribution in [0.1, 0.15) is 6.42 Å². The van der Waals surface area contributed by atoms with Crippen LogP contribution >= 0.6 is 0 Å². The fraction of sp³-hybridized carbons (Fsp3) is 1.00. The standard InChI is InChI=1S/C9H15F2NO2/c10-9(11)3-7(9)4-12-1-2-14-6-8(12)5-13/h7-8,13H,1-6H2. The van der Waals surface area contributed by atoms with Gasteiger partial charge < -0.3 is 9.84 Å². The van der Waals surface area contributed by atoms with Crippen molar-refractivity contribution < 1.29 is 18.6 Å². The molecule has 0 aromatic heterocycles. The number of nitrogens with zero attached hydrogens (tertiary/aromatic N) is 1. The van der Waals surface area contributed by atoms with Crippen LogP contribution in [-0.4, -0.2) is 54.9 Å². The number of halogens is 2. The minimum atomic E-state index is -2.46. The molecule has 0 bridgehead atoms. The Bertz CT molecular complexity index is 213. The van der Waals surface area contributed by atoms with E-state index in [2.05, 4.69) is 0 Å². The van der Waals surface area contributed by atoms with Crippen molar-refractivity contribution in [1.82, 2.24) is 4.90 Å². The van der Waals surface area contributed by atoms with Crippen LogP contribution < -0.4 is 0 Å². The quantitative estimate of drug-likeness (QED) is 0.724. The largest absolute Gasteiger partial charge is 0.395 e. The monoisotopic (exact) mass is 207 g/mol. The molecule has 0 aromatic carbocycles. The number of rotatable bonds is 3. The molecule has 2 aliphatic rings. The molecule has 82 valence electrons. The van der Waals surface area contributed by atoms with E-state index in [1.165, 1.54) is 0 Å². The summed E-state index contributed by atoms with van der Waals surface area (Å²) in [7, 11) is 0. The second-order valence-corrected chi connectivity index (χ2v) is 4.07. The highest BCUT2D eigenvalue weighted by Gasteiger charge is 2.57. The molecule has 0 aromatic rings. The van der Waals surface area contributed by atoms with E-state index >= 15 is 0 Å². The smallest absolute Gasteiger partial charge is 0.252 e. The first kappa shape index (κ1) is 10.3. The van der Waals surface area contributed by atoms with Crippen molar-refractivity contribution in [3.63, 3.8) is 0 Å². The van der Waals surface area contributed by atoms with Gasteiger partial charge in [0, 0.05) is 25.4 Å². The van der Waals surface area contributed by atoms with Gasteiger partial charge in [-0.05, 0) is 0 Å². The van der Waals surface area contributed by atoms with Crippen LogP contribution in [-0.2, 0) is 4.74 Å². The fourth-order valence-electron chi connectivity index (χ4n) is 1.85. The minimum absolute atomic E-state index is 0.00249. The van der Waals surface area contributed by atoms with E-state index in [1.54, 1.807) is 0 Å². The highest BCUT2D eigenvalue weighted by Crippen LogP contribution is 2.49. The third-order valence-corrected chi connectivity index (χ3v) is 2.97. The van der Waals surface area contributed by atoms with E-state index in [0.29, 0.717) is 26.3 Å². The maximum atomic E-state index is 12.7. The predicted molar refractivity (Wildman–Crippen MR) is 46.3 cm³/mol. The van der Waals surface area contributed by atoms with Gasteiger partial charge in [-0.3, -0.25) is 4.90 Å². The van der Waals surface area contributed by atoms with Gasteiger partial charge in [-0.15, -0.1) is 0 Å². The maximum absolute atomic E-state index is 12.7. The average Bonchev–Trinajstić information content (AvgIpc) is 2.75. The molecular weight excluding hydrogens is 192 g/mol. The lowest BCUT2D eigenvalue weighted by Gasteiger charge is -2.34. The molecule has 1 heterocycles. The van der Waals surface area contributed by atoms with Gasteiger partial charge in [0.2, 0.25) is 0 Å². The maximum Gasteiger partial charge on any atom is 0.252 e. The van der Waals surface area contributed by atoms with Gasteiger partial charge in [-0.25, -0.2) is 8.78 Å². The zero-order valence-electron chi connectivity index (χ0n) is 7.96. The van der Waals surface area contributed by atoms with Crippen LogP contribution in [0.15, 0.2) is 0 Å². The second kappa shape index (κ2) is 3.72. The minimum Gasteiger partial charge on any atom is -0.395 e. The molecule has 2 rings (SSSR count). The van der Waals surface area contributed by atoms with Gasteiger partial charge in [0.1, 0.15) is 0 Å². The molecule has 2 fully saturated rings. The van der Waals surface area contributed by atoms with Crippen molar-refractivity contribution in [2.75, 3.05) is 32.9 Å². The first-order chi connectivity index (χ1) is 6.63. The van der Waals surface area contributed by atoms with E-state index in [4.69, 9.17) is 9.84 Å². The Morgan fingerprint density at radius 1 is 1.50 bits per heavy atom. The number of hydrogen-bond donors (Lipinski definition) is 1. The number of morpholine rings is 1. The molecule has 0 amide bonds. The Morgan fingerprint density at radius 2 is 2.21 bits per heavy atom. The lowest BCUT2D eigenvalue weighted by atomic mass is 10.2. The normalized spacial score (nSPS) is 37.1. The van der Waals surface area contributed by atoms with E-state index < -0.39 is 11.8 Å². The van der Waals surface area contributed by atoms with Gasteiger partial charge in [0.05, 0.1) is 25.9 Å². The van der Waals surface area contributed by atoms with Crippen molar-refractivity contribution in [3.05, 3.63) is 0 Å². The van der Waals surface area contributed by atoms with Gasteiger partial charge in [0.15, 0.2) is 0 Å². The van der Waals surface area contributed by atoms with Crippen LogP contribution in [0.2, 0.25) is 0 Å². The highest BCUT2D eigenvalue weighted by atomic mass is 19.3. The summed E-state index contributed by atoms with van der Waals surface area (Å²) in [4.78, 5) is 1.91. The van der Waals surface area contributed by atoms with Gasteiger partial charge in [-0.2, -0.15) is 0 Å². The highest BCUT2D eigenvalue weighted by molar-refractivity contribution is 4.97. The summed E-state index contributed by atoms with van der Waals surface area (Å²) in [5.74, 6) is -2.96. The first-order valence-corrected chi connectivity index (χ1v) is 4.94. The zero-order chi connectivity index (χ0) is 10.2. The van der Waals surface area contributed by atoms with Crippen molar-refractivity contribution in [3.8, 4) is 0 Å². The third kappa shape index (κ3) is 2.04. The molecule has 1 N–H and O–H groups in total. The lowest BCUT2D eigenvalue weighted by molar-refractivity contribution is -0.0348. The summed E-state index contributed by atoms with van der Waals surface area (Å²) < 4.78 is 30.5. The predicted octanol–water partition coefficient (Wildman–Crippen LogP) is 0.335. The van der Waals surface area contributed by atoms with Gasteiger partial charge >= 0.3 is 0 Å². The molecule has 14 heavy (non-hydrogen) atoms. The Hall–Kier alpha value is -0.260. The van der Waals surface area contributed by atoms with Crippen LogP contribution in [0.4, 0.5) is 8.78 Å². The van der Waals surface area contributed by atoms with Crippen LogP contribution in [0.25, 0.3) is 0 Å². The molecule has 1 saturated carbocycles. The summed E-state index contributed by atoms with van der Waals surface area (Å²) in [6, 6.07) is -0.0971. The first-order valence-electron chi connectivity index (χ1n) is 4.94. The molecule has 2 atom stereocenters. The number of aliphatic hydroxyl groups is 1. The van der Waals surface area contributed by atoms with Crippen LogP contribution in [0, 0.1) is 5.92 Å². The molecule has 1 saturated heterocycles. The van der Waals surface area contributed by atoms with E-state index in [1.807, 2.05) is 4.90 Å². The summed E-state index contributed by atoms with van der Waals surface area (Å²) in [5, 5.41) is 9.02. The van der Waals surface area contributed by atoms with Crippen molar-refractivity contribution >= 4 is 0 Å². The summed E-state index contributed by atoms with van der Waals surface area (Å²) in [6.45, 7) is 2.06. The molecule has 1 aliphatic heterocycles. The molecule has 1 aliphatic carbocycles. The molecule has 3 nitrogen and oxygen atoms in total. The van der Waals surface area contributed by atoms with Crippen LogP contribution in [0.5, 0.6) is 0 Å². The van der Waals surface area contributed by atoms with E-state index in [9.17, 15) is 8.78 Å². The van der Waals surface area contributed by atoms with Crippen molar-refractivity contribution in [1.29, 1.82) is 0 Å². The van der Waals surface area contributed by atoms with E-state index in [0.717, 1.165) is 0 Å².